The highest BCUT2D eigenvalue weighted by atomic mass is 19.1. The Kier molecular flexibility index (Phi) is 15.2. The number of ether oxygens (including phenoxy) is 4. The van der Waals surface area contributed by atoms with E-state index in [0.29, 0.717) is 36.6 Å². The average Bonchev–Trinajstić information content (AvgIpc) is 3.95. The van der Waals surface area contributed by atoms with Gasteiger partial charge in [-0.2, -0.15) is 0 Å². The first kappa shape index (κ1) is 39.1. The van der Waals surface area contributed by atoms with E-state index in [1.807, 2.05) is 45.8 Å². The molecule has 0 aliphatic carbocycles. The van der Waals surface area contributed by atoms with Gasteiger partial charge in [0, 0.05) is 55.3 Å². The van der Waals surface area contributed by atoms with E-state index in [-0.39, 0.29) is 30.1 Å². The van der Waals surface area contributed by atoms with Crippen LogP contribution >= 0.6 is 0 Å². The number of hydrogen-bond acceptors (Lipinski definition) is 8. The number of aromatic hydroxyl groups is 1. The molecule has 0 bridgehead atoms. The van der Waals surface area contributed by atoms with E-state index in [0.717, 1.165) is 41.1 Å². The standard InChI is InChI=1S/C18H16FNO3.C12H13NO3.C6H5FO.C4H8O/c1-22-18(21)14-6-5-13-7-8-20(17(13)11-14)9-10-23-16-4-2-3-15(19)12-16;1-16-12(15)10-3-2-9-4-5-13(6-7-14)11(9)8-10;7-5-2-1-3-6(8)4-5;1-2-4-5-3-1/h2-8,11-12H,9-10H2,1H3;2-5,8,14H,6-7H2,1H3;1-4,8H;1-4H2. The molecule has 274 valence electrons. The summed E-state index contributed by atoms with van der Waals surface area (Å²) < 4.78 is 48.9. The lowest BCUT2D eigenvalue weighted by Gasteiger charge is -2.09. The maximum absolute atomic E-state index is 13.1. The maximum Gasteiger partial charge on any atom is 0.337 e. The normalized spacial score (nSPS) is 11.7. The highest BCUT2D eigenvalue weighted by Crippen LogP contribution is 2.20. The van der Waals surface area contributed by atoms with Crippen molar-refractivity contribution in [2.75, 3.05) is 40.6 Å². The van der Waals surface area contributed by atoms with Crippen LogP contribution in [0.5, 0.6) is 11.5 Å². The number of carbonyl (C=O) groups is 2. The van der Waals surface area contributed by atoms with Crippen LogP contribution in [0.3, 0.4) is 0 Å². The van der Waals surface area contributed by atoms with Gasteiger partial charge >= 0.3 is 11.9 Å². The molecule has 7 rings (SSSR count). The summed E-state index contributed by atoms with van der Waals surface area (Å²) in [7, 11) is 2.72. The van der Waals surface area contributed by atoms with Crippen molar-refractivity contribution in [3.05, 3.63) is 132 Å². The Balaban J connectivity index is 0.000000178. The summed E-state index contributed by atoms with van der Waals surface area (Å²) in [5.74, 6) is -0.988. The SMILES string of the molecule is C1CCOC1.COC(=O)c1ccc2ccn(CCO)c2c1.COC(=O)c1ccc2ccn(CCOc3cccc(F)c3)c2c1.Oc1cccc(F)c1. The number of rotatable bonds is 8. The van der Waals surface area contributed by atoms with Crippen molar-refractivity contribution in [3.63, 3.8) is 0 Å². The second-order valence-electron chi connectivity index (χ2n) is 11.4. The molecule has 0 radical (unpaired) electrons. The largest absolute Gasteiger partial charge is 0.508 e. The monoisotopic (exact) mass is 716 g/mol. The van der Waals surface area contributed by atoms with Gasteiger partial charge < -0.3 is 38.3 Å². The Morgan fingerprint density at radius 2 is 1.25 bits per heavy atom. The molecule has 2 N–H and O–H groups in total. The first-order chi connectivity index (χ1) is 25.2. The quantitative estimate of drug-likeness (QED) is 0.157. The number of nitrogens with zero attached hydrogens (tertiary/aromatic N) is 2. The second kappa shape index (κ2) is 20.2. The summed E-state index contributed by atoms with van der Waals surface area (Å²) in [5.41, 5.74) is 2.88. The number of benzene rings is 4. The Bertz CT molecular complexity index is 2010. The Labute approximate surface area is 300 Å². The van der Waals surface area contributed by atoms with E-state index in [1.54, 1.807) is 36.4 Å². The Hall–Kier alpha value is -5.72. The molecule has 0 unspecified atom stereocenters. The van der Waals surface area contributed by atoms with Gasteiger partial charge in [-0.05, 0) is 84.3 Å². The van der Waals surface area contributed by atoms with Gasteiger partial charge in [0.05, 0.1) is 38.5 Å². The van der Waals surface area contributed by atoms with Gasteiger partial charge in [0.2, 0.25) is 0 Å². The van der Waals surface area contributed by atoms with Crippen molar-refractivity contribution in [1.82, 2.24) is 9.13 Å². The third kappa shape index (κ3) is 11.7. The van der Waals surface area contributed by atoms with Gasteiger partial charge in [-0.25, -0.2) is 18.4 Å². The fourth-order valence-electron chi connectivity index (χ4n) is 5.16. The molecule has 10 nitrogen and oxygen atoms in total. The van der Waals surface area contributed by atoms with Gasteiger partial charge in [0.15, 0.2) is 0 Å². The lowest BCUT2D eigenvalue weighted by atomic mass is 10.1. The Morgan fingerprint density at radius 1 is 0.712 bits per heavy atom. The number of aromatic nitrogens is 2. The van der Waals surface area contributed by atoms with Crippen molar-refractivity contribution in [2.24, 2.45) is 0 Å². The molecule has 6 aromatic rings. The van der Waals surface area contributed by atoms with E-state index in [4.69, 9.17) is 24.4 Å². The van der Waals surface area contributed by atoms with Crippen molar-refractivity contribution in [3.8, 4) is 11.5 Å². The van der Waals surface area contributed by atoms with Gasteiger partial charge in [-0.3, -0.25) is 0 Å². The molecule has 0 saturated carbocycles. The molecule has 1 fully saturated rings. The molecule has 12 heteroatoms. The molecule has 0 spiro atoms. The maximum atomic E-state index is 13.1. The van der Waals surface area contributed by atoms with Gasteiger partial charge in [0.25, 0.3) is 0 Å². The summed E-state index contributed by atoms with van der Waals surface area (Å²) >= 11 is 0. The van der Waals surface area contributed by atoms with E-state index in [2.05, 4.69) is 4.74 Å². The first-order valence-electron chi connectivity index (χ1n) is 16.6. The van der Waals surface area contributed by atoms with E-state index >= 15 is 0 Å². The van der Waals surface area contributed by atoms with E-state index in [9.17, 15) is 18.4 Å². The second-order valence-corrected chi connectivity index (χ2v) is 11.4. The average molecular weight is 717 g/mol. The zero-order valence-corrected chi connectivity index (χ0v) is 29.0. The number of aliphatic hydroxyl groups excluding tert-OH is 1. The topological polar surface area (TPSA) is 121 Å². The van der Waals surface area contributed by atoms with Crippen LogP contribution in [0.15, 0.2) is 109 Å². The number of esters is 2. The zero-order chi connectivity index (χ0) is 37.3. The van der Waals surface area contributed by atoms with Crippen molar-refractivity contribution < 1.29 is 47.5 Å². The molecular weight excluding hydrogens is 674 g/mol. The number of phenols is 1. The molecule has 0 amide bonds. The van der Waals surface area contributed by atoms with Crippen LogP contribution in [-0.4, -0.2) is 71.9 Å². The fourth-order valence-corrected chi connectivity index (χ4v) is 5.16. The van der Waals surface area contributed by atoms with Gasteiger partial charge in [-0.15, -0.1) is 0 Å². The number of hydrogen-bond donors (Lipinski definition) is 2. The third-order valence-electron chi connectivity index (χ3n) is 7.76. The number of halogens is 2. The lowest BCUT2D eigenvalue weighted by molar-refractivity contribution is 0.0592. The zero-order valence-electron chi connectivity index (χ0n) is 29.0. The van der Waals surface area contributed by atoms with Crippen LogP contribution in [0, 0.1) is 11.6 Å². The molecule has 52 heavy (non-hydrogen) atoms. The molecule has 3 heterocycles. The minimum atomic E-state index is -0.412. The molecule has 1 aliphatic rings. The lowest BCUT2D eigenvalue weighted by Crippen LogP contribution is -2.08. The molecule has 1 aliphatic heterocycles. The van der Waals surface area contributed by atoms with Gasteiger partial charge in [0.1, 0.15) is 29.7 Å². The summed E-state index contributed by atoms with van der Waals surface area (Å²) in [4.78, 5) is 23.0. The number of methoxy groups -OCH3 is 2. The highest BCUT2D eigenvalue weighted by molar-refractivity contribution is 5.95. The fraction of sp³-hybridized carbons (Fsp3) is 0.250. The predicted molar refractivity (Wildman–Crippen MR) is 194 cm³/mol. The van der Waals surface area contributed by atoms with Gasteiger partial charge in [-0.1, -0.05) is 24.3 Å². The summed E-state index contributed by atoms with van der Waals surface area (Å²) in [6.45, 7) is 3.58. The van der Waals surface area contributed by atoms with E-state index < -0.39 is 5.82 Å². The van der Waals surface area contributed by atoms with Crippen LogP contribution in [0.2, 0.25) is 0 Å². The van der Waals surface area contributed by atoms with Crippen LogP contribution in [0.25, 0.3) is 21.8 Å². The molecule has 1 saturated heterocycles. The highest BCUT2D eigenvalue weighted by Gasteiger charge is 2.10. The van der Waals surface area contributed by atoms with Crippen molar-refractivity contribution in [1.29, 1.82) is 0 Å². The first-order valence-corrected chi connectivity index (χ1v) is 16.6. The third-order valence-corrected chi connectivity index (χ3v) is 7.76. The van der Waals surface area contributed by atoms with Crippen molar-refractivity contribution in [2.45, 2.75) is 25.9 Å². The molecule has 4 aromatic carbocycles. The number of phenolic OH excluding ortho intramolecular Hbond substituents is 1. The minimum Gasteiger partial charge on any atom is -0.508 e. The Morgan fingerprint density at radius 3 is 1.69 bits per heavy atom. The van der Waals surface area contributed by atoms with Crippen LogP contribution < -0.4 is 4.74 Å². The number of carbonyl (C=O) groups excluding carboxylic acids is 2. The molecule has 2 aromatic heterocycles. The molecule has 0 atom stereocenters. The summed E-state index contributed by atoms with van der Waals surface area (Å²) in [5, 5.41) is 19.6. The number of fused-ring (bicyclic) bond motifs is 2. The minimum absolute atomic E-state index is 0.0370. The molecular formula is C40H42F2N2O8. The number of aliphatic hydroxyl groups is 1. The summed E-state index contributed by atoms with van der Waals surface area (Å²) in [6.07, 6.45) is 6.38. The predicted octanol–water partition coefficient (Wildman–Crippen LogP) is 7.39. The van der Waals surface area contributed by atoms with E-state index in [1.165, 1.54) is 57.4 Å². The van der Waals surface area contributed by atoms with Crippen molar-refractivity contribution >= 4 is 33.7 Å². The van der Waals surface area contributed by atoms with Crippen LogP contribution in [0.4, 0.5) is 8.78 Å². The smallest absolute Gasteiger partial charge is 0.337 e. The van der Waals surface area contributed by atoms with Crippen LogP contribution in [0.1, 0.15) is 33.6 Å². The summed E-state index contributed by atoms with van der Waals surface area (Å²) in [6, 6.07) is 26.0. The van der Waals surface area contributed by atoms with Crippen LogP contribution in [-0.2, 0) is 27.3 Å².